The van der Waals surface area contributed by atoms with Gasteiger partial charge in [-0.2, -0.15) is 8.42 Å². The van der Waals surface area contributed by atoms with Crippen molar-refractivity contribution in [2.24, 2.45) is 0 Å². The number of rotatable bonds is 5. The molecule has 0 aliphatic rings. The highest BCUT2D eigenvalue weighted by molar-refractivity contribution is 7.87. The molecule has 5 nitrogen and oxygen atoms in total. The lowest BCUT2D eigenvalue weighted by atomic mass is 10.3. The van der Waals surface area contributed by atoms with E-state index in [-0.39, 0.29) is 10.6 Å². The summed E-state index contributed by atoms with van der Waals surface area (Å²) in [5.41, 5.74) is 0. The summed E-state index contributed by atoms with van der Waals surface area (Å²) < 4.78 is 35.0. The van der Waals surface area contributed by atoms with Crippen LogP contribution in [0.15, 0.2) is 77.8 Å². The number of halogens is 1. The van der Waals surface area contributed by atoms with Gasteiger partial charge in [-0.1, -0.05) is 17.7 Å². The van der Waals surface area contributed by atoms with Crippen LogP contribution in [0.2, 0.25) is 5.02 Å². The van der Waals surface area contributed by atoms with E-state index in [1.165, 1.54) is 36.4 Å². The molecule has 0 spiro atoms. The molecule has 0 aliphatic carbocycles. The van der Waals surface area contributed by atoms with Crippen molar-refractivity contribution in [1.29, 1.82) is 0 Å². The monoisotopic (exact) mass is 361 g/mol. The van der Waals surface area contributed by atoms with Crippen molar-refractivity contribution < 1.29 is 17.3 Å². The third kappa shape index (κ3) is 4.04. The molecular weight excluding hydrogens is 350 g/mol. The first-order valence-corrected chi connectivity index (χ1v) is 8.70. The third-order valence-electron chi connectivity index (χ3n) is 2.99. The highest BCUT2D eigenvalue weighted by atomic mass is 35.5. The maximum atomic E-state index is 12.2. The number of pyridine rings is 1. The summed E-state index contributed by atoms with van der Waals surface area (Å²) in [4.78, 5) is 4.07. The molecule has 0 aliphatic heterocycles. The fourth-order valence-corrected chi connectivity index (χ4v) is 2.92. The Kier molecular flexibility index (Phi) is 4.69. The molecule has 0 N–H and O–H groups in total. The summed E-state index contributed by atoms with van der Waals surface area (Å²) in [7, 11) is -3.91. The summed E-state index contributed by atoms with van der Waals surface area (Å²) in [6.07, 6.45) is 1.62. The maximum absolute atomic E-state index is 12.2. The Bertz CT molecular complexity index is 911. The van der Waals surface area contributed by atoms with Gasteiger partial charge in [0.25, 0.3) is 0 Å². The molecular formula is C17H12ClNO4S. The van der Waals surface area contributed by atoms with E-state index in [9.17, 15) is 8.42 Å². The van der Waals surface area contributed by atoms with E-state index in [2.05, 4.69) is 4.98 Å². The van der Waals surface area contributed by atoms with Crippen LogP contribution in [0.4, 0.5) is 0 Å². The van der Waals surface area contributed by atoms with Crippen LogP contribution in [0.5, 0.6) is 17.4 Å². The topological polar surface area (TPSA) is 65.5 Å². The molecule has 0 fully saturated rings. The lowest BCUT2D eigenvalue weighted by Gasteiger charge is -2.08. The van der Waals surface area contributed by atoms with E-state index in [0.29, 0.717) is 16.7 Å². The van der Waals surface area contributed by atoms with Crippen molar-refractivity contribution in [1.82, 2.24) is 4.98 Å². The lowest BCUT2D eigenvalue weighted by molar-refractivity contribution is 0.459. The molecule has 0 amide bonds. The molecule has 0 unspecified atom stereocenters. The molecule has 1 heterocycles. The van der Waals surface area contributed by atoms with Gasteiger partial charge in [-0.3, -0.25) is 0 Å². The molecule has 0 bridgehead atoms. The van der Waals surface area contributed by atoms with E-state index in [1.807, 2.05) is 0 Å². The van der Waals surface area contributed by atoms with Gasteiger partial charge in [0.15, 0.2) is 0 Å². The van der Waals surface area contributed by atoms with Crippen LogP contribution in [-0.4, -0.2) is 13.4 Å². The van der Waals surface area contributed by atoms with Crippen molar-refractivity contribution >= 4 is 21.7 Å². The van der Waals surface area contributed by atoms with Gasteiger partial charge in [0, 0.05) is 17.3 Å². The van der Waals surface area contributed by atoms with Gasteiger partial charge in [0.05, 0.1) is 0 Å². The van der Waals surface area contributed by atoms with Gasteiger partial charge in [-0.05, 0) is 54.6 Å². The normalized spacial score (nSPS) is 11.0. The van der Waals surface area contributed by atoms with Gasteiger partial charge < -0.3 is 8.92 Å². The average Bonchev–Trinajstić information content (AvgIpc) is 2.58. The zero-order valence-electron chi connectivity index (χ0n) is 12.3. The number of aromatic nitrogens is 1. The molecule has 24 heavy (non-hydrogen) atoms. The van der Waals surface area contributed by atoms with Crippen molar-refractivity contribution in [2.45, 2.75) is 4.90 Å². The van der Waals surface area contributed by atoms with Gasteiger partial charge >= 0.3 is 10.1 Å². The second-order valence-corrected chi connectivity index (χ2v) is 6.72. The van der Waals surface area contributed by atoms with Crippen LogP contribution in [0, 0.1) is 0 Å². The molecule has 3 rings (SSSR count). The van der Waals surface area contributed by atoms with Crippen molar-refractivity contribution in [3.8, 4) is 17.4 Å². The summed E-state index contributed by atoms with van der Waals surface area (Å²) >= 11 is 5.75. The van der Waals surface area contributed by atoms with E-state index >= 15 is 0 Å². The Labute approximate surface area is 144 Å². The minimum absolute atomic E-state index is 0.0284. The number of ether oxygens (including phenoxy) is 1. The van der Waals surface area contributed by atoms with Crippen LogP contribution >= 0.6 is 11.6 Å². The molecule has 7 heteroatoms. The molecule has 0 radical (unpaired) electrons. The number of benzene rings is 2. The molecule has 2 aromatic carbocycles. The zero-order chi connectivity index (χ0) is 17.0. The molecule has 3 aromatic rings. The van der Waals surface area contributed by atoms with Gasteiger partial charge in [-0.25, -0.2) is 4.98 Å². The van der Waals surface area contributed by atoms with Crippen LogP contribution < -0.4 is 8.92 Å². The van der Waals surface area contributed by atoms with E-state index < -0.39 is 10.1 Å². The average molecular weight is 362 g/mol. The minimum atomic E-state index is -3.91. The second-order valence-electron chi connectivity index (χ2n) is 4.73. The Morgan fingerprint density at radius 3 is 2.12 bits per heavy atom. The van der Waals surface area contributed by atoms with Crippen molar-refractivity contribution in [3.63, 3.8) is 0 Å². The van der Waals surface area contributed by atoms with Crippen molar-refractivity contribution in [2.75, 3.05) is 0 Å². The summed E-state index contributed by atoms with van der Waals surface area (Å²) in [6, 6.07) is 17.3. The van der Waals surface area contributed by atoms with Crippen LogP contribution in [0.1, 0.15) is 0 Å². The first-order valence-electron chi connectivity index (χ1n) is 6.92. The van der Waals surface area contributed by atoms with Crippen LogP contribution in [0.25, 0.3) is 0 Å². The van der Waals surface area contributed by atoms with E-state index in [1.54, 1.807) is 36.5 Å². The maximum Gasteiger partial charge on any atom is 0.339 e. The fourth-order valence-electron chi connectivity index (χ4n) is 1.87. The van der Waals surface area contributed by atoms with Crippen LogP contribution in [0.3, 0.4) is 0 Å². The highest BCUT2D eigenvalue weighted by Crippen LogP contribution is 2.25. The fraction of sp³-hybridized carbons (Fsp3) is 0. The standard InChI is InChI=1S/C17H12ClNO4S/c18-13-4-10-16(11-5-13)24(20,21)23-15-8-6-14(7-9-15)22-17-3-1-2-12-19-17/h1-12H. The number of nitrogens with zero attached hydrogens (tertiary/aromatic N) is 1. The Hall–Kier alpha value is -2.57. The quantitative estimate of drug-likeness (QED) is 0.634. The Morgan fingerprint density at radius 1 is 0.833 bits per heavy atom. The number of hydrogen-bond acceptors (Lipinski definition) is 5. The first-order chi connectivity index (χ1) is 11.5. The van der Waals surface area contributed by atoms with E-state index in [4.69, 9.17) is 20.5 Å². The summed E-state index contributed by atoms with van der Waals surface area (Å²) in [5.74, 6) is 1.14. The molecule has 122 valence electrons. The third-order valence-corrected chi connectivity index (χ3v) is 4.51. The smallest absolute Gasteiger partial charge is 0.339 e. The second kappa shape index (κ2) is 6.90. The molecule has 1 aromatic heterocycles. The molecule has 0 atom stereocenters. The van der Waals surface area contributed by atoms with Crippen molar-refractivity contribution in [3.05, 3.63) is 77.9 Å². The summed E-state index contributed by atoms with van der Waals surface area (Å²) in [5, 5.41) is 0.449. The molecule has 0 saturated heterocycles. The zero-order valence-corrected chi connectivity index (χ0v) is 13.9. The van der Waals surface area contributed by atoms with Crippen LogP contribution in [-0.2, 0) is 10.1 Å². The van der Waals surface area contributed by atoms with Gasteiger partial charge in [-0.15, -0.1) is 0 Å². The number of hydrogen-bond donors (Lipinski definition) is 0. The van der Waals surface area contributed by atoms with Gasteiger partial charge in [0.2, 0.25) is 5.88 Å². The lowest BCUT2D eigenvalue weighted by Crippen LogP contribution is -2.09. The SMILES string of the molecule is O=S(=O)(Oc1ccc(Oc2ccccn2)cc1)c1ccc(Cl)cc1. The predicted molar refractivity (Wildman–Crippen MR) is 90.0 cm³/mol. The first kappa shape index (κ1) is 16.3. The van der Waals surface area contributed by atoms with Gasteiger partial charge in [0.1, 0.15) is 16.4 Å². The minimum Gasteiger partial charge on any atom is -0.439 e. The molecule has 0 saturated carbocycles. The Morgan fingerprint density at radius 2 is 1.50 bits per heavy atom. The predicted octanol–water partition coefficient (Wildman–Crippen LogP) is 4.30. The summed E-state index contributed by atoms with van der Waals surface area (Å²) in [6.45, 7) is 0. The highest BCUT2D eigenvalue weighted by Gasteiger charge is 2.16. The Balaban J connectivity index is 1.73. The largest absolute Gasteiger partial charge is 0.439 e. The van der Waals surface area contributed by atoms with E-state index in [0.717, 1.165) is 0 Å².